The number of hydrogen-bond donors (Lipinski definition) is 1. The van der Waals surface area contributed by atoms with E-state index < -0.39 is 17.3 Å². The molecule has 144 valence electrons. The first-order chi connectivity index (χ1) is 12.8. The molecule has 0 radical (unpaired) electrons. The molecule has 0 unspecified atom stereocenters. The Balaban J connectivity index is 2.14. The number of carbonyl (C=O) groups is 1. The molecule has 2 aromatic rings. The number of nitrogens with two attached hydrogens (primary N) is 1. The molecule has 1 aromatic carbocycles. The monoisotopic (exact) mass is 394 g/mol. The molecular weight excluding hydrogens is 374 g/mol. The summed E-state index contributed by atoms with van der Waals surface area (Å²) in [5.74, 6) is -0.444. The second-order valence-corrected chi connectivity index (χ2v) is 7.49. The summed E-state index contributed by atoms with van der Waals surface area (Å²) in [6.45, 7) is 3.96. The molecule has 0 saturated carbocycles. The van der Waals surface area contributed by atoms with Gasteiger partial charge in [-0.3, -0.25) is 4.79 Å². The Bertz CT molecular complexity index is 874. The molecule has 5 nitrogen and oxygen atoms in total. The lowest BCUT2D eigenvalue weighted by Gasteiger charge is -2.33. The van der Waals surface area contributed by atoms with Crippen molar-refractivity contribution in [2.45, 2.75) is 32.3 Å². The van der Waals surface area contributed by atoms with Crippen LogP contribution in [0.2, 0.25) is 0 Å². The molecule has 1 aliphatic rings. The predicted octanol–water partition coefficient (Wildman–Crippen LogP) is 4.09. The van der Waals surface area contributed by atoms with Crippen LogP contribution in [0.1, 0.15) is 36.3 Å². The van der Waals surface area contributed by atoms with Crippen molar-refractivity contribution >= 4 is 18.1 Å². The first kappa shape index (κ1) is 19.4. The summed E-state index contributed by atoms with van der Waals surface area (Å²) in [6.07, 6.45) is 1.42. The summed E-state index contributed by atoms with van der Waals surface area (Å²) in [4.78, 5) is 16.0. The van der Waals surface area contributed by atoms with Crippen LogP contribution in [0.15, 0.2) is 24.3 Å². The fourth-order valence-electron chi connectivity index (χ4n) is 3.00. The lowest BCUT2D eigenvalue weighted by Crippen LogP contribution is -2.34. The van der Waals surface area contributed by atoms with E-state index in [0.717, 1.165) is 12.0 Å². The number of halogens is 2. The van der Waals surface area contributed by atoms with Crippen molar-refractivity contribution in [2.75, 3.05) is 12.4 Å². The molecule has 27 heavy (non-hydrogen) atoms. The zero-order valence-electron chi connectivity index (χ0n) is 15.1. The summed E-state index contributed by atoms with van der Waals surface area (Å²) in [5, 5.41) is 0. The Labute approximate surface area is 160 Å². The Morgan fingerprint density at radius 1 is 1.37 bits per heavy atom. The fraction of sp³-hybridized carbons (Fsp3) is 0.368. The largest absolute Gasteiger partial charge is 0.492 e. The van der Waals surface area contributed by atoms with Gasteiger partial charge in [-0.25, -0.2) is 9.37 Å². The third-order valence-corrected chi connectivity index (χ3v) is 4.66. The maximum atomic E-state index is 13.7. The highest BCUT2D eigenvalue weighted by atomic mass is 32.2. The topological polar surface area (TPSA) is 74.4 Å². The summed E-state index contributed by atoms with van der Waals surface area (Å²) >= 11 is 0.146. The molecular formula is C19H20F2N2O3S. The number of fused-ring (bicyclic) bond motifs is 1. The Hall–Kier alpha value is -2.35. The van der Waals surface area contributed by atoms with Crippen LogP contribution >= 0.6 is 12.1 Å². The molecule has 0 aliphatic carbocycles. The van der Waals surface area contributed by atoms with Crippen molar-refractivity contribution in [1.29, 1.82) is 0 Å². The van der Waals surface area contributed by atoms with E-state index in [2.05, 4.69) is 4.98 Å². The average molecular weight is 394 g/mol. The highest BCUT2D eigenvalue weighted by Crippen LogP contribution is 2.41. The van der Waals surface area contributed by atoms with E-state index in [9.17, 15) is 13.1 Å². The van der Waals surface area contributed by atoms with Crippen molar-refractivity contribution in [2.24, 2.45) is 5.73 Å². The van der Waals surface area contributed by atoms with Gasteiger partial charge in [-0.2, -0.15) is 3.89 Å². The van der Waals surface area contributed by atoms with Gasteiger partial charge in [-0.05, 0) is 50.5 Å². The maximum Gasteiger partial charge on any atom is 0.267 e. The third kappa shape index (κ3) is 4.32. The Morgan fingerprint density at radius 2 is 2.15 bits per heavy atom. The number of carbonyl (C=O) groups excluding carboxylic acids is 1. The minimum Gasteiger partial charge on any atom is -0.492 e. The molecule has 2 N–H and O–H groups in total. The highest BCUT2D eigenvalue weighted by molar-refractivity contribution is 7.94. The Kier molecular flexibility index (Phi) is 5.55. The Morgan fingerprint density at radius 3 is 2.85 bits per heavy atom. The van der Waals surface area contributed by atoms with Crippen LogP contribution in [-0.4, -0.2) is 28.9 Å². The minimum absolute atomic E-state index is 0.0519. The number of pyridine rings is 1. The van der Waals surface area contributed by atoms with E-state index in [1.807, 2.05) is 13.8 Å². The quantitative estimate of drug-likeness (QED) is 0.747. The van der Waals surface area contributed by atoms with Crippen molar-refractivity contribution in [1.82, 2.24) is 4.98 Å². The van der Waals surface area contributed by atoms with E-state index in [1.165, 1.54) is 12.1 Å². The number of aromatic nitrogens is 1. The molecule has 1 aromatic heterocycles. The summed E-state index contributed by atoms with van der Waals surface area (Å²) in [7, 11) is 0. The van der Waals surface area contributed by atoms with Crippen LogP contribution in [0.5, 0.6) is 11.6 Å². The second kappa shape index (κ2) is 7.72. The van der Waals surface area contributed by atoms with Crippen molar-refractivity contribution in [3.8, 4) is 22.8 Å². The predicted molar refractivity (Wildman–Crippen MR) is 100 cm³/mol. The maximum absolute atomic E-state index is 13.7. The van der Waals surface area contributed by atoms with E-state index in [1.54, 1.807) is 12.1 Å². The van der Waals surface area contributed by atoms with Gasteiger partial charge >= 0.3 is 0 Å². The van der Waals surface area contributed by atoms with Crippen LogP contribution in [0.25, 0.3) is 11.1 Å². The lowest BCUT2D eigenvalue weighted by molar-refractivity contribution is 0.0774. The SMILES string of the molecule is CC1(C)CCc2c(-c3ccc(F)cc3OCCSF)cc(C(N)=O)nc2O1. The zero-order chi connectivity index (χ0) is 19.6. The molecule has 0 atom stereocenters. The van der Waals surface area contributed by atoms with Crippen molar-refractivity contribution < 1.29 is 22.5 Å². The molecule has 0 saturated heterocycles. The standard InChI is InChI=1S/C19H20F2N2O3S/c1-19(2)6-5-13-14(10-15(17(22)24)23-18(13)26-19)12-4-3-11(20)9-16(12)25-7-8-27-21/h3-4,9-10H,5-8H2,1-2H3,(H2,22,24). The number of ether oxygens (including phenoxy) is 2. The van der Waals surface area contributed by atoms with Crippen LogP contribution in [0, 0.1) is 5.82 Å². The van der Waals surface area contributed by atoms with Gasteiger partial charge < -0.3 is 15.2 Å². The number of hydrogen-bond acceptors (Lipinski definition) is 5. The number of nitrogens with zero attached hydrogens (tertiary/aromatic N) is 1. The average Bonchev–Trinajstić information content (AvgIpc) is 2.60. The first-order valence-corrected chi connectivity index (χ1v) is 9.38. The van der Waals surface area contributed by atoms with E-state index in [0.29, 0.717) is 23.4 Å². The fourth-order valence-corrected chi connectivity index (χ4v) is 3.15. The van der Waals surface area contributed by atoms with Gasteiger partial charge in [-0.15, -0.1) is 0 Å². The van der Waals surface area contributed by atoms with E-state index in [4.69, 9.17) is 15.2 Å². The normalized spacial score (nSPS) is 15.0. The molecule has 3 rings (SSSR count). The van der Waals surface area contributed by atoms with Crippen LogP contribution in [0.4, 0.5) is 8.28 Å². The molecule has 0 spiro atoms. The first-order valence-electron chi connectivity index (χ1n) is 8.50. The molecule has 8 heteroatoms. The van der Waals surface area contributed by atoms with E-state index in [-0.39, 0.29) is 36.0 Å². The van der Waals surface area contributed by atoms with E-state index >= 15 is 0 Å². The molecule has 2 heterocycles. The summed E-state index contributed by atoms with van der Waals surface area (Å²) < 4.78 is 37.6. The molecule has 0 bridgehead atoms. The second-order valence-electron chi connectivity index (χ2n) is 6.87. The molecule has 1 aliphatic heterocycles. The molecule has 1 amide bonds. The third-order valence-electron chi connectivity index (χ3n) is 4.34. The minimum atomic E-state index is -0.690. The van der Waals surface area contributed by atoms with Gasteiger partial charge in [0.2, 0.25) is 5.88 Å². The number of rotatable bonds is 6. The summed E-state index contributed by atoms with van der Waals surface area (Å²) in [6, 6.07) is 5.67. The smallest absolute Gasteiger partial charge is 0.267 e. The van der Waals surface area contributed by atoms with Gasteiger partial charge in [0, 0.05) is 29.3 Å². The van der Waals surface area contributed by atoms with Crippen LogP contribution in [-0.2, 0) is 6.42 Å². The lowest BCUT2D eigenvalue weighted by atomic mass is 9.90. The van der Waals surface area contributed by atoms with Gasteiger partial charge in [-0.1, -0.05) is 0 Å². The van der Waals surface area contributed by atoms with Gasteiger partial charge in [0.1, 0.15) is 22.9 Å². The zero-order valence-corrected chi connectivity index (χ0v) is 15.9. The summed E-state index contributed by atoms with van der Waals surface area (Å²) in [5.41, 5.74) is 7.08. The number of primary amides is 1. The van der Waals surface area contributed by atoms with Crippen molar-refractivity contribution in [3.63, 3.8) is 0 Å². The van der Waals surface area contributed by atoms with Gasteiger partial charge in [0.05, 0.1) is 12.4 Å². The van der Waals surface area contributed by atoms with Crippen molar-refractivity contribution in [3.05, 3.63) is 41.3 Å². The van der Waals surface area contributed by atoms with Gasteiger partial charge in [0.25, 0.3) is 5.91 Å². The van der Waals surface area contributed by atoms with Gasteiger partial charge in [0.15, 0.2) is 0 Å². The highest BCUT2D eigenvalue weighted by Gasteiger charge is 2.31. The van der Waals surface area contributed by atoms with Crippen LogP contribution < -0.4 is 15.2 Å². The number of amides is 1. The van der Waals surface area contributed by atoms with Crippen LogP contribution in [0.3, 0.4) is 0 Å². The number of benzene rings is 1. The molecule has 0 fully saturated rings.